The van der Waals surface area contributed by atoms with Gasteiger partial charge in [-0.15, -0.1) is 0 Å². The van der Waals surface area contributed by atoms with Crippen molar-refractivity contribution >= 4 is 55.7 Å². The molecule has 4 aromatic rings. The molecule has 2 aromatic carbocycles. The Morgan fingerprint density at radius 3 is 2.64 bits per heavy atom. The number of nitrogens with zero attached hydrogens (tertiary/aromatic N) is 3. The molecular formula is C26H19ClFN3O4S. The highest BCUT2D eigenvalue weighted by Gasteiger charge is 2.49. The van der Waals surface area contributed by atoms with Gasteiger partial charge in [0.05, 0.1) is 33.6 Å². The molecular weight excluding hydrogens is 505 g/mol. The lowest BCUT2D eigenvalue weighted by molar-refractivity contribution is -0.132. The minimum atomic E-state index is -1.05. The molecule has 1 amide bonds. The number of carbonyl (C=O) groups excluding carboxylic acids is 2. The van der Waals surface area contributed by atoms with Crippen LogP contribution in [0.15, 0.2) is 54.2 Å². The second-order valence-electron chi connectivity index (χ2n) is 8.29. The zero-order chi connectivity index (χ0) is 25.7. The van der Waals surface area contributed by atoms with Crippen molar-refractivity contribution in [2.24, 2.45) is 0 Å². The number of aliphatic hydroxyl groups is 1. The van der Waals surface area contributed by atoms with Gasteiger partial charge in [0.25, 0.3) is 5.78 Å². The number of aromatic nitrogens is 2. The fourth-order valence-corrected chi connectivity index (χ4v) is 5.43. The van der Waals surface area contributed by atoms with Gasteiger partial charge in [0.1, 0.15) is 23.4 Å². The maximum absolute atomic E-state index is 14.0. The minimum Gasteiger partial charge on any atom is -0.507 e. The van der Waals surface area contributed by atoms with Gasteiger partial charge in [-0.2, -0.15) is 0 Å². The van der Waals surface area contributed by atoms with E-state index in [1.807, 2.05) is 6.92 Å². The number of carbonyl (C=O) groups is 2. The third-order valence-corrected chi connectivity index (χ3v) is 7.34. The second kappa shape index (κ2) is 9.00. The van der Waals surface area contributed by atoms with Crippen molar-refractivity contribution in [1.29, 1.82) is 0 Å². The Morgan fingerprint density at radius 2 is 1.94 bits per heavy atom. The first-order chi connectivity index (χ1) is 17.2. The van der Waals surface area contributed by atoms with Crippen LogP contribution in [0.4, 0.5) is 9.52 Å². The van der Waals surface area contributed by atoms with Crippen LogP contribution in [0.3, 0.4) is 0 Å². The molecule has 0 radical (unpaired) electrons. The number of ketones is 1. The Kier molecular flexibility index (Phi) is 5.97. The van der Waals surface area contributed by atoms with Crippen molar-refractivity contribution in [2.45, 2.75) is 19.9 Å². The largest absolute Gasteiger partial charge is 0.507 e. The molecule has 0 bridgehead atoms. The predicted octanol–water partition coefficient (Wildman–Crippen LogP) is 5.74. The molecule has 0 aliphatic carbocycles. The summed E-state index contributed by atoms with van der Waals surface area (Å²) in [5.41, 5.74) is 2.43. The summed E-state index contributed by atoms with van der Waals surface area (Å²) in [7, 11) is 1.55. The first-order valence-corrected chi connectivity index (χ1v) is 12.0. The molecule has 1 saturated heterocycles. The summed E-state index contributed by atoms with van der Waals surface area (Å²) in [6, 6.07) is 10.1. The zero-order valence-electron chi connectivity index (χ0n) is 19.4. The molecule has 1 atom stereocenters. The van der Waals surface area contributed by atoms with E-state index in [0.717, 1.165) is 16.9 Å². The average molecular weight is 524 g/mol. The Bertz CT molecular complexity index is 1550. The van der Waals surface area contributed by atoms with Crippen molar-refractivity contribution in [1.82, 2.24) is 9.97 Å². The number of hydrogen-bond donors (Lipinski definition) is 1. The third-order valence-electron chi connectivity index (χ3n) is 6.03. The highest BCUT2D eigenvalue weighted by Crippen LogP contribution is 2.44. The van der Waals surface area contributed by atoms with Gasteiger partial charge >= 0.3 is 5.91 Å². The molecule has 7 nitrogen and oxygen atoms in total. The van der Waals surface area contributed by atoms with Crippen LogP contribution in [-0.4, -0.2) is 33.9 Å². The topological polar surface area (TPSA) is 92.6 Å². The first kappa shape index (κ1) is 23.9. The summed E-state index contributed by atoms with van der Waals surface area (Å²) in [6.07, 6.45) is 1.53. The second-order valence-corrected chi connectivity index (χ2v) is 9.71. The Labute approximate surface area is 214 Å². The number of aliphatic hydroxyl groups excluding tert-OH is 1. The zero-order valence-corrected chi connectivity index (χ0v) is 20.9. The summed E-state index contributed by atoms with van der Waals surface area (Å²) in [6.45, 7) is 3.59. The molecule has 0 spiro atoms. The standard InChI is InChI=1S/C26H19ClFN3O4S/c1-12-9-19(35-3)13(2)8-14(12)23(32)21-22(17-6-4-5-7-29-17)31(25(34)24(21)33)26-30-18-10-15(27)16(28)11-20(18)36-26/h4-11,22,32H,1-3H3/b23-21+. The fourth-order valence-electron chi connectivity index (χ4n) is 4.27. The summed E-state index contributed by atoms with van der Waals surface area (Å²) >= 11 is 6.95. The third kappa shape index (κ3) is 3.81. The van der Waals surface area contributed by atoms with E-state index in [4.69, 9.17) is 16.3 Å². The van der Waals surface area contributed by atoms with Crippen molar-refractivity contribution in [3.8, 4) is 5.75 Å². The Hall–Kier alpha value is -3.82. The highest BCUT2D eigenvalue weighted by molar-refractivity contribution is 7.22. The lowest BCUT2D eigenvalue weighted by Gasteiger charge is -2.22. The molecule has 1 aliphatic heterocycles. The fraction of sp³-hybridized carbons (Fsp3) is 0.154. The van der Waals surface area contributed by atoms with E-state index in [-0.39, 0.29) is 21.5 Å². The molecule has 36 heavy (non-hydrogen) atoms. The van der Waals surface area contributed by atoms with Gasteiger partial charge in [0.2, 0.25) is 0 Å². The molecule has 182 valence electrons. The first-order valence-electron chi connectivity index (χ1n) is 10.8. The van der Waals surface area contributed by atoms with E-state index in [9.17, 15) is 19.1 Å². The SMILES string of the molecule is COc1cc(C)c(/C(O)=C2\C(=O)C(=O)N(c3nc4cc(Cl)c(F)cc4s3)C2c2ccccn2)cc1C. The molecule has 3 heterocycles. The predicted molar refractivity (Wildman–Crippen MR) is 136 cm³/mol. The van der Waals surface area contributed by atoms with Crippen LogP contribution in [0.25, 0.3) is 16.0 Å². The molecule has 1 aliphatic rings. The molecule has 10 heteroatoms. The number of halogens is 2. The number of rotatable bonds is 4. The molecule has 1 N–H and O–H groups in total. The van der Waals surface area contributed by atoms with E-state index < -0.39 is 23.5 Å². The van der Waals surface area contributed by atoms with Crippen LogP contribution >= 0.6 is 22.9 Å². The Morgan fingerprint density at radius 1 is 1.17 bits per heavy atom. The lowest BCUT2D eigenvalue weighted by Crippen LogP contribution is -2.29. The number of aryl methyl sites for hydroxylation is 2. The summed E-state index contributed by atoms with van der Waals surface area (Å²) in [5.74, 6) is -2.07. The van der Waals surface area contributed by atoms with Gasteiger partial charge in [-0.05, 0) is 61.4 Å². The van der Waals surface area contributed by atoms with Crippen molar-refractivity contribution in [3.63, 3.8) is 0 Å². The maximum Gasteiger partial charge on any atom is 0.301 e. The number of amides is 1. The van der Waals surface area contributed by atoms with Crippen LogP contribution in [-0.2, 0) is 9.59 Å². The van der Waals surface area contributed by atoms with Gasteiger partial charge in [-0.25, -0.2) is 9.37 Å². The number of Topliss-reactive ketones (excluding diaryl/α,β-unsaturated/α-hetero) is 1. The minimum absolute atomic E-state index is 0.104. The van der Waals surface area contributed by atoms with Gasteiger partial charge in [0.15, 0.2) is 5.13 Å². The quantitative estimate of drug-likeness (QED) is 0.208. The van der Waals surface area contributed by atoms with Gasteiger partial charge in [0, 0.05) is 11.8 Å². The van der Waals surface area contributed by atoms with Gasteiger partial charge < -0.3 is 9.84 Å². The normalized spacial score (nSPS) is 17.2. The monoisotopic (exact) mass is 523 g/mol. The number of pyridine rings is 1. The number of fused-ring (bicyclic) bond motifs is 1. The number of benzene rings is 2. The smallest absolute Gasteiger partial charge is 0.301 e. The molecule has 1 fully saturated rings. The van der Waals surface area contributed by atoms with Crippen molar-refractivity contribution < 1.29 is 23.8 Å². The van der Waals surface area contributed by atoms with Crippen LogP contribution in [0.2, 0.25) is 5.02 Å². The number of ether oxygens (including phenoxy) is 1. The summed E-state index contributed by atoms with van der Waals surface area (Å²) < 4.78 is 19.9. The number of thiazole rings is 1. The molecule has 0 saturated carbocycles. The highest BCUT2D eigenvalue weighted by atomic mass is 35.5. The van der Waals surface area contributed by atoms with Crippen molar-refractivity contribution in [3.05, 3.63) is 87.5 Å². The van der Waals surface area contributed by atoms with Crippen LogP contribution in [0.1, 0.15) is 28.4 Å². The van der Waals surface area contributed by atoms with Crippen LogP contribution in [0, 0.1) is 19.7 Å². The maximum atomic E-state index is 14.0. The Balaban J connectivity index is 1.74. The van der Waals surface area contributed by atoms with Gasteiger partial charge in [-0.3, -0.25) is 19.5 Å². The number of anilines is 1. The van der Waals surface area contributed by atoms with E-state index in [0.29, 0.717) is 32.8 Å². The molecule has 1 unspecified atom stereocenters. The van der Waals surface area contributed by atoms with E-state index in [1.165, 1.54) is 23.2 Å². The van der Waals surface area contributed by atoms with Crippen molar-refractivity contribution in [2.75, 3.05) is 12.0 Å². The van der Waals surface area contributed by atoms with E-state index in [2.05, 4.69) is 9.97 Å². The summed E-state index contributed by atoms with van der Waals surface area (Å²) in [5, 5.41) is 11.5. The van der Waals surface area contributed by atoms with E-state index >= 15 is 0 Å². The van der Waals surface area contributed by atoms with Gasteiger partial charge in [-0.1, -0.05) is 29.0 Å². The average Bonchev–Trinajstić information content (AvgIpc) is 3.38. The molecule has 2 aromatic heterocycles. The summed E-state index contributed by atoms with van der Waals surface area (Å²) in [4.78, 5) is 36.7. The van der Waals surface area contributed by atoms with E-state index in [1.54, 1.807) is 44.4 Å². The van der Waals surface area contributed by atoms with Crippen LogP contribution in [0.5, 0.6) is 5.75 Å². The number of hydrogen-bond acceptors (Lipinski definition) is 7. The van der Waals surface area contributed by atoms with Crippen LogP contribution < -0.4 is 9.64 Å². The number of methoxy groups -OCH3 is 1. The lowest BCUT2D eigenvalue weighted by atomic mass is 9.95. The molecule has 5 rings (SSSR count).